The van der Waals surface area contributed by atoms with Gasteiger partial charge in [-0.2, -0.15) is 0 Å². The van der Waals surface area contributed by atoms with E-state index >= 15 is 0 Å². The van der Waals surface area contributed by atoms with Gasteiger partial charge in [0, 0.05) is 24.7 Å². The van der Waals surface area contributed by atoms with Crippen LogP contribution in [0.15, 0.2) is 30.3 Å². The second kappa shape index (κ2) is 6.64. The Bertz CT molecular complexity index is 610. The van der Waals surface area contributed by atoms with Gasteiger partial charge >= 0.3 is 0 Å². The van der Waals surface area contributed by atoms with E-state index in [1.54, 1.807) is 18.1 Å². The van der Waals surface area contributed by atoms with E-state index in [1.807, 2.05) is 38.1 Å². The number of para-hydroxylation sites is 1. The number of nitrogens with two attached hydrogens (primary N) is 1. The Balaban J connectivity index is 2.15. The third-order valence-electron chi connectivity index (χ3n) is 4.16. The SMILES string of the molecule is COc1ccccc1/C(C)=C/C(=O)N1C[C@@H](C)[C@H](C(N)=O)C1. The number of nitrogens with zero attached hydrogens (tertiary/aromatic N) is 1. The number of rotatable bonds is 4. The molecule has 1 aliphatic heterocycles. The molecule has 5 heteroatoms. The van der Waals surface area contributed by atoms with Crippen LogP contribution in [-0.4, -0.2) is 36.9 Å². The van der Waals surface area contributed by atoms with Crippen LogP contribution < -0.4 is 10.5 Å². The molecule has 1 aromatic carbocycles. The van der Waals surface area contributed by atoms with Gasteiger partial charge in [0.25, 0.3) is 0 Å². The molecule has 0 saturated carbocycles. The Morgan fingerprint density at radius 1 is 1.32 bits per heavy atom. The molecule has 2 rings (SSSR count). The summed E-state index contributed by atoms with van der Waals surface area (Å²) < 4.78 is 5.31. The van der Waals surface area contributed by atoms with E-state index in [0.29, 0.717) is 13.1 Å². The second-order valence-corrected chi connectivity index (χ2v) is 5.76. The zero-order valence-corrected chi connectivity index (χ0v) is 13.2. The number of amides is 2. The van der Waals surface area contributed by atoms with E-state index in [-0.39, 0.29) is 23.7 Å². The quantitative estimate of drug-likeness (QED) is 0.860. The van der Waals surface area contributed by atoms with Crippen LogP contribution in [0.2, 0.25) is 0 Å². The molecule has 2 N–H and O–H groups in total. The molecule has 1 saturated heterocycles. The molecule has 118 valence electrons. The Kier molecular flexibility index (Phi) is 4.85. The first-order chi connectivity index (χ1) is 10.4. The highest BCUT2D eigenvalue weighted by atomic mass is 16.5. The minimum atomic E-state index is -0.340. The van der Waals surface area contributed by atoms with Crippen molar-refractivity contribution in [3.05, 3.63) is 35.9 Å². The predicted molar refractivity (Wildman–Crippen MR) is 85.1 cm³/mol. The van der Waals surface area contributed by atoms with Crippen LogP contribution in [0.1, 0.15) is 19.4 Å². The molecule has 2 amide bonds. The number of likely N-dealkylation sites (tertiary alicyclic amines) is 1. The molecule has 0 radical (unpaired) electrons. The predicted octanol–water partition coefficient (Wildman–Crippen LogP) is 1.68. The standard InChI is InChI=1S/C17H22N2O3/c1-11(13-6-4-5-7-15(13)22-3)8-16(20)19-9-12(2)14(10-19)17(18)21/h4-8,12,14H,9-10H2,1-3H3,(H2,18,21)/b11-8+/t12-,14-/m1/s1. The van der Waals surface area contributed by atoms with E-state index in [2.05, 4.69) is 0 Å². The molecule has 0 bridgehead atoms. The number of ether oxygens (including phenoxy) is 1. The molecule has 1 heterocycles. The lowest BCUT2D eigenvalue weighted by Crippen LogP contribution is -2.31. The van der Waals surface area contributed by atoms with E-state index < -0.39 is 0 Å². The smallest absolute Gasteiger partial charge is 0.246 e. The summed E-state index contributed by atoms with van der Waals surface area (Å²) in [7, 11) is 1.60. The molecule has 5 nitrogen and oxygen atoms in total. The summed E-state index contributed by atoms with van der Waals surface area (Å²) in [5, 5.41) is 0. The molecular formula is C17H22N2O3. The third kappa shape index (κ3) is 3.30. The van der Waals surface area contributed by atoms with Crippen molar-refractivity contribution in [3.8, 4) is 5.75 Å². The van der Waals surface area contributed by atoms with Crippen molar-refractivity contribution in [1.82, 2.24) is 4.90 Å². The summed E-state index contributed by atoms with van der Waals surface area (Å²) in [5.41, 5.74) is 7.09. The lowest BCUT2D eigenvalue weighted by atomic mass is 9.98. The zero-order valence-electron chi connectivity index (χ0n) is 13.2. The van der Waals surface area contributed by atoms with Gasteiger partial charge in [-0.3, -0.25) is 9.59 Å². The summed E-state index contributed by atoms with van der Waals surface area (Å²) in [5.74, 6) is 0.131. The first kappa shape index (κ1) is 16.1. The van der Waals surface area contributed by atoms with Crippen molar-refractivity contribution in [1.29, 1.82) is 0 Å². The van der Waals surface area contributed by atoms with Gasteiger partial charge in [0.15, 0.2) is 0 Å². The van der Waals surface area contributed by atoms with Crippen LogP contribution in [0.4, 0.5) is 0 Å². The van der Waals surface area contributed by atoms with Crippen molar-refractivity contribution in [2.24, 2.45) is 17.6 Å². The number of hydrogen-bond acceptors (Lipinski definition) is 3. The minimum absolute atomic E-state index is 0.0981. The van der Waals surface area contributed by atoms with Crippen molar-refractivity contribution in [3.63, 3.8) is 0 Å². The lowest BCUT2D eigenvalue weighted by molar-refractivity contribution is -0.125. The van der Waals surface area contributed by atoms with Gasteiger partial charge < -0.3 is 15.4 Å². The Morgan fingerprint density at radius 2 is 2.00 bits per heavy atom. The van der Waals surface area contributed by atoms with Gasteiger partial charge in [-0.1, -0.05) is 25.1 Å². The number of carbonyl (C=O) groups is 2. The van der Waals surface area contributed by atoms with Crippen molar-refractivity contribution in [2.45, 2.75) is 13.8 Å². The Labute approximate surface area is 130 Å². The van der Waals surface area contributed by atoms with E-state index in [4.69, 9.17) is 10.5 Å². The van der Waals surface area contributed by atoms with Gasteiger partial charge in [0.2, 0.25) is 11.8 Å². The molecule has 1 fully saturated rings. The number of benzene rings is 1. The first-order valence-corrected chi connectivity index (χ1v) is 7.34. The van der Waals surface area contributed by atoms with Crippen LogP contribution in [-0.2, 0) is 9.59 Å². The minimum Gasteiger partial charge on any atom is -0.496 e. The molecular weight excluding hydrogens is 280 g/mol. The Morgan fingerprint density at radius 3 is 2.59 bits per heavy atom. The zero-order chi connectivity index (χ0) is 16.3. The molecule has 0 aliphatic carbocycles. The number of methoxy groups -OCH3 is 1. The summed E-state index contributed by atoms with van der Waals surface area (Å²) in [4.78, 5) is 25.4. The van der Waals surface area contributed by atoms with Crippen LogP contribution in [0.5, 0.6) is 5.75 Å². The molecule has 0 spiro atoms. The maximum Gasteiger partial charge on any atom is 0.246 e. The molecule has 1 aromatic rings. The highest BCUT2D eigenvalue weighted by molar-refractivity contribution is 5.96. The number of primary amides is 1. The fraction of sp³-hybridized carbons (Fsp3) is 0.412. The second-order valence-electron chi connectivity index (χ2n) is 5.76. The van der Waals surface area contributed by atoms with Gasteiger partial charge in [-0.05, 0) is 24.5 Å². The average Bonchev–Trinajstić information content (AvgIpc) is 2.89. The van der Waals surface area contributed by atoms with Crippen molar-refractivity contribution >= 4 is 17.4 Å². The summed E-state index contributed by atoms with van der Waals surface area (Å²) >= 11 is 0. The van der Waals surface area contributed by atoms with Crippen LogP contribution in [0, 0.1) is 11.8 Å². The first-order valence-electron chi connectivity index (χ1n) is 7.34. The van der Waals surface area contributed by atoms with Gasteiger partial charge in [-0.15, -0.1) is 0 Å². The Hall–Kier alpha value is -2.30. The van der Waals surface area contributed by atoms with Crippen LogP contribution >= 0.6 is 0 Å². The largest absolute Gasteiger partial charge is 0.496 e. The van der Waals surface area contributed by atoms with Crippen LogP contribution in [0.25, 0.3) is 5.57 Å². The van der Waals surface area contributed by atoms with Gasteiger partial charge in [-0.25, -0.2) is 0 Å². The molecule has 0 aromatic heterocycles. The molecule has 0 unspecified atom stereocenters. The van der Waals surface area contributed by atoms with Crippen molar-refractivity contribution < 1.29 is 14.3 Å². The molecule has 1 aliphatic rings. The van der Waals surface area contributed by atoms with E-state index in [1.165, 1.54) is 0 Å². The molecule has 2 atom stereocenters. The third-order valence-corrected chi connectivity index (χ3v) is 4.16. The monoisotopic (exact) mass is 302 g/mol. The van der Waals surface area contributed by atoms with Crippen LogP contribution in [0.3, 0.4) is 0 Å². The average molecular weight is 302 g/mol. The molecule has 22 heavy (non-hydrogen) atoms. The topological polar surface area (TPSA) is 72.6 Å². The highest BCUT2D eigenvalue weighted by Gasteiger charge is 2.35. The van der Waals surface area contributed by atoms with Gasteiger partial charge in [0.1, 0.15) is 5.75 Å². The summed E-state index contributed by atoms with van der Waals surface area (Å²) in [6.45, 7) is 4.77. The number of hydrogen-bond donors (Lipinski definition) is 1. The summed E-state index contributed by atoms with van der Waals surface area (Å²) in [6, 6.07) is 7.56. The normalized spacial score (nSPS) is 21.8. The van der Waals surface area contributed by atoms with Crippen molar-refractivity contribution in [2.75, 3.05) is 20.2 Å². The fourth-order valence-corrected chi connectivity index (χ4v) is 2.84. The number of carbonyl (C=O) groups excluding carboxylic acids is 2. The number of allylic oxidation sites excluding steroid dienone is 1. The van der Waals surface area contributed by atoms with Gasteiger partial charge in [0.05, 0.1) is 13.0 Å². The maximum atomic E-state index is 12.4. The van der Waals surface area contributed by atoms with E-state index in [0.717, 1.165) is 16.9 Å². The summed E-state index contributed by atoms with van der Waals surface area (Å²) in [6.07, 6.45) is 1.59. The van der Waals surface area contributed by atoms with E-state index in [9.17, 15) is 9.59 Å². The highest BCUT2D eigenvalue weighted by Crippen LogP contribution is 2.27. The fourth-order valence-electron chi connectivity index (χ4n) is 2.84. The lowest BCUT2D eigenvalue weighted by Gasteiger charge is -2.15. The maximum absolute atomic E-state index is 12.4.